The highest BCUT2D eigenvalue weighted by Crippen LogP contribution is 2.49. The summed E-state index contributed by atoms with van der Waals surface area (Å²) in [6.07, 6.45) is 1.55. The Morgan fingerprint density at radius 1 is 1.40 bits per heavy atom. The van der Waals surface area contributed by atoms with Crippen LogP contribution in [0.15, 0.2) is 9.85 Å². The van der Waals surface area contributed by atoms with Gasteiger partial charge in [0.15, 0.2) is 0 Å². The van der Waals surface area contributed by atoms with Crippen molar-refractivity contribution in [1.29, 1.82) is 0 Å². The Hall–Kier alpha value is 0.0600. The minimum atomic E-state index is -0.473. The van der Waals surface area contributed by atoms with Crippen LogP contribution in [0.3, 0.4) is 0 Å². The van der Waals surface area contributed by atoms with Crippen molar-refractivity contribution in [2.24, 2.45) is 0 Å². The number of nitrogens with zero attached hydrogens (tertiary/aromatic N) is 1. The number of aliphatic hydroxyl groups excluding tert-OH is 1. The van der Waals surface area contributed by atoms with Gasteiger partial charge in [-0.25, -0.2) is 0 Å². The standard InChI is InChI=1S/C15H22BrNO2S/c1-14(2,3)17-6-4-15(5-7-17)13-10(8-12(16)20-13)11(18)9-19-15/h8,11,18H,4-7,9H2,1-3H3. The highest BCUT2D eigenvalue weighted by Gasteiger charge is 2.45. The maximum Gasteiger partial charge on any atom is 0.105 e. The molecular weight excluding hydrogens is 338 g/mol. The second-order valence-electron chi connectivity index (χ2n) is 6.81. The summed E-state index contributed by atoms with van der Waals surface area (Å²) in [7, 11) is 0. The average Bonchev–Trinajstić information content (AvgIpc) is 2.77. The van der Waals surface area contributed by atoms with Crippen LogP contribution in [0.4, 0.5) is 0 Å². The molecule has 3 heterocycles. The topological polar surface area (TPSA) is 32.7 Å². The third-order valence-electron chi connectivity index (χ3n) is 4.54. The Morgan fingerprint density at radius 2 is 2.05 bits per heavy atom. The van der Waals surface area contributed by atoms with Gasteiger partial charge in [0.1, 0.15) is 11.7 Å². The van der Waals surface area contributed by atoms with E-state index in [1.807, 2.05) is 0 Å². The van der Waals surface area contributed by atoms with Crippen LogP contribution in [0.1, 0.15) is 50.2 Å². The summed E-state index contributed by atoms with van der Waals surface area (Å²) in [4.78, 5) is 3.76. The SMILES string of the molecule is CC(C)(C)N1CCC2(CC1)OCC(O)c1cc(Br)sc12. The van der Waals surface area contributed by atoms with Crippen LogP contribution in [-0.4, -0.2) is 35.2 Å². The average molecular weight is 360 g/mol. The Balaban J connectivity index is 1.87. The van der Waals surface area contributed by atoms with Crippen molar-refractivity contribution in [3.63, 3.8) is 0 Å². The quantitative estimate of drug-likeness (QED) is 0.766. The lowest BCUT2D eigenvalue weighted by Gasteiger charge is -2.48. The van der Waals surface area contributed by atoms with Gasteiger partial charge in [-0.3, -0.25) is 4.90 Å². The fourth-order valence-corrected chi connectivity index (χ4v) is 5.16. The maximum absolute atomic E-state index is 10.1. The molecule has 112 valence electrons. The van der Waals surface area contributed by atoms with Gasteiger partial charge < -0.3 is 9.84 Å². The third kappa shape index (κ3) is 2.48. The van der Waals surface area contributed by atoms with Crippen LogP contribution >= 0.6 is 27.3 Å². The molecule has 0 amide bonds. The molecule has 1 spiro atoms. The zero-order valence-corrected chi connectivity index (χ0v) is 14.7. The lowest BCUT2D eigenvalue weighted by atomic mass is 9.83. The van der Waals surface area contributed by atoms with Crippen LogP contribution in [0.2, 0.25) is 0 Å². The second-order valence-corrected chi connectivity index (χ2v) is 9.25. The molecule has 1 aromatic rings. The number of hydrogen-bond acceptors (Lipinski definition) is 4. The number of fused-ring (bicyclic) bond motifs is 2. The first-order valence-corrected chi connectivity index (χ1v) is 8.80. The second kappa shape index (κ2) is 5.06. The smallest absolute Gasteiger partial charge is 0.105 e. The van der Waals surface area contributed by atoms with Crippen LogP contribution in [0.5, 0.6) is 0 Å². The van der Waals surface area contributed by atoms with Gasteiger partial charge in [0.05, 0.1) is 10.4 Å². The van der Waals surface area contributed by atoms with Crippen molar-refractivity contribution >= 4 is 27.3 Å². The van der Waals surface area contributed by atoms with Gasteiger partial charge in [0, 0.05) is 29.1 Å². The van der Waals surface area contributed by atoms with Crippen LogP contribution in [-0.2, 0) is 10.3 Å². The zero-order chi connectivity index (χ0) is 14.5. The van der Waals surface area contributed by atoms with Crippen molar-refractivity contribution in [3.05, 3.63) is 20.3 Å². The highest BCUT2D eigenvalue weighted by molar-refractivity contribution is 9.11. The molecule has 3 rings (SSSR count). The van der Waals surface area contributed by atoms with E-state index in [9.17, 15) is 5.11 Å². The van der Waals surface area contributed by atoms with Crippen molar-refractivity contribution in [2.45, 2.75) is 50.9 Å². The molecule has 5 heteroatoms. The zero-order valence-electron chi connectivity index (χ0n) is 12.3. The molecule has 1 aromatic heterocycles. The first-order chi connectivity index (χ1) is 9.32. The number of likely N-dealkylation sites (tertiary alicyclic amines) is 1. The lowest BCUT2D eigenvalue weighted by Crippen LogP contribution is -2.52. The van der Waals surface area contributed by atoms with Gasteiger partial charge in [0.2, 0.25) is 0 Å². The van der Waals surface area contributed by atoms with Crippen molar-refractivity contribution in [1.82, 2.24) is 4.90 Å². The molecule has 20 heavy (non-hydrogen) atoms. The lowest BCUT2D eigenvalue weighted by molar-refractivity contribution is -0.134. The summed E-state index contributed by atoms with van der Waals surface area (Å²) in [6.45, 7) is 9.33. The molecular formula is C15H22BrNO2S. The molecule has 0 radical (unpaired) electrons. The predicted octanol–water partition coefficient (Wildman–Crippen LogP) is 3.66. The van der Waals surface area contributed by atoms with Crippen LogP contribution in [0.25, 0.3) is 0 Å². The first-order valence-electron chi connectivity index (χ1n) is 7.19. The van der Waals surface area contributed by atoms with Crippen molar-refractivity contribution < 1.29 is 9.84 Å². The molecule has 0 saturated carbocycles. The fraction of sp³-hybridized carbons (Fsp3) is 0.733. The molecule has 2 aliphatic heterocycles. The van der Waals surface area contributed by atoms with E-state index in [4.69, 9.17) is 4.74 Å². The number of rotatable bonds is 0. The Kier molecular flexibility index (Phi) is 3.79. The monoisotopic (exact) mass is 359 g/mol. The summed E-state index contributed by atoms with van der Waals surface area (Å²) < 4.78 is 7.22. The van der Waals surface area contributed by atoms with E-state index in [0.29, 0.717) is 6.61 Å². The summed E-state index contributed by atoms with van der Waals surface area (Å²) in [5.41, 5.74) is 1.11. The summed E-state index contributed by atoms with van der Waals surface area (Å²) >= 11 is 5.28. The van der Waals surface area contributed by atoms with E-state index in [2.05, 4.69) is 47.7 Å². The van der Waals surface area contributed by atoms with E-state index in [-0.39, 0.29) is 11.1 Å². The molecule has 1 saturated heterocycles. The number of thiophene rings is 1. The predicted molar refractivity (Wildman–Crippen MR) is 85.2 cm³/mol. The molecule has 0 aliphatic carbocycles. The Labute approximate surface area is 133 Å². The van der Waals surface area contributed by atoms with Gasteiger partial charge in [-0.05, 0) is 55.6 Å². The van der Waals surface area contributed by atoms with Gasteiger partial charge >= 0.3 is 0 Å². The highest BCUT2D eigenvalue weighted by atomic mass is 79.9. The third-order valence-corrected chi connectivity index (χ3v) is 6.38. The summed E-state index contributed by atoms with van der Waals surface area (Å²) in [6, 6.07) is 2.06. The summed E-state index contributed by atoms with van der Waals surface area (Å²) in [5, 5.41) is 10.1. The number of halogens is 1. The van der Waals surface area contributed by atoms with Crippen LogP contribution < -0.4 is 0 Å². The van der Waals surface area contributed by atoms with E-state index < -0.39 is 6.10 Å². The van der Waals surface area contributed by atoms with E-state index in [1.165, 1.54) is 4.88 Å². The van der Waals surface area contributed by atoms with Crippen molar-refractivity contribution in [3.8, 4) is 0 Å². The molecule has 1 fully saturated rings. The van der Waals surface area contributed by atoms with Gasteiger partial charge in [0.25, 0.3) is 0 Å². The van der Waals surface area contributed by atoms with E-state index in [1.54, 1.807) is 11.3 Å². The molecule has 0 aromatic carbocycles. The molecule has 1 atom stereocenters. The number of piperidine rings is 1. The van der Waals surface area contributed by atoms with Gasteiger partial charge in [-0.15, -0.1) is 11.3 Å². The first kappa shape index (κ1) is 15.0. The number of hydrogen-bond donors (Lipinski definition) is 1. The Morgan fingerprint density at radius 3 is 2.65 bits per heavy atom. The van der Waals surface area contributed by atoms with Gasteiger partial charge in [-0.2, -0.15) is 0 Å². The molecule has 0 bridgehead atoms. The van der Waals surface area contributed by atoms with E-state index >= 15 is 0 Å². The maximum atomic E-state index is 10.1. The number of ether oxygens (including phenoxy) is 1. The normalized spacial score (nSPS) is 26.8. The molecule has 1 unspecified atom stereocenters. The van der Waals surface area contributed by atoms with Crippen LogP contribution in [0, 0.1) is 0 Å². The minimum absolute atomic E-state index is 0.174. The summed E-state index contributed by atoms with van der Waals surface area (Å²) in [5.74, 6) is 0. The van der Waals surface area contributed by atoms with Crippen molar-refractivity contribution in [2.75, 3.05) is 19.7 Å². The van der Waals surface area contributed by atoms with E-state index in [0.717, 1.165) is 35.3 Å². The largest absolute Gasteiger partial charge is 0.386 e. The minimum Gasteiger partial charge on any atom is -0.386 e. The number of aliphatic hydroxyl groups is 1. The molecule has 1 N–H and O–H groups in total. The molecule has 2 aliphatic rings. The Bertz CT molecular complexity index is 500. The fourth-order valence-electron chi connectivity index (χ4n) is 3.28. The van der Waals surface area contributed by atoms with Gasteiger partial charge in [-0.1, -0.05) is 0 Å². The molecule has 3 nitrogen and oxygen atoms in total.